The van der Waals surface area contributed by atoms with Crippen molar-refractivity contribution in [2.75, 3.05) is 25.0 Å². The number of ether oxygens (including phenoxy) is 1. The van der Waals surface area contributed by atoms with Crippen LogP contribution in [0.15, 0.2) is 35.5 Å². The minimum Gasteiger partial charge on any atom is -0.444 e. The van der Waals surface area contributed by atoms with Gasteiger partial charge in [-0.05, 0) is 63.8 Å². The van der Waals surface area contributed by atoms with Crippen LogP contribution in [-0.2, 0) is 11.3 Å². The largest absolute Gasteiger partial charge is 0.444 e. The molecule has 2 rings (SSSR count). The minimum absolute atomic E-state index is 0.0615. The quantitative estimate of drug-likeness (QED) is 0.673. The lowest BCUT2D eigenvalue weighted by Gasteiger charge is -2.33. The highest BCUT2D eigenvalue weighted by Gasteiger charge is 2.26. The molecule has 0 radical (unpaired) electrons. The molecule has 1 heterocycles. The van der Waals surface area contributed by atoms with Gasteiger partial charge in [0.25, 0.3) is 0 Å². The zero-order valence-electron chi connectivity index (χ0n) is 18.2. The van der Waals surface area contributed by atoms with Crippen LogP contribution in [-0.4, -0.2) is 36.2 Å². The van der Waals surface area contributed by atoms with E-state index in [4.69, 9.17) is 20.5 Å². The van der Waals surface area contributed by atoms with E-state index in [0.717, 1.165) is 24.9 Å². The SMILES string of the molecule is CC(C)(C)OC(=O)N1CCC(CNCc2ccc(NC(C#N)=C(C#N)C#N)cc2)CC1. The molecule has 0 aliphatic carbocycles. The van der Waals surface area contributed by atoms with E-state index < -0.39 is 5.60 Å². The van der Waals surface area contributed by atoms with Crippen LogP contribution < -0.4 is 10.6 Å². The van der Waals surface area contributed by atoms with E-state index in [2.05, 4.69) is 10.6 Å². The highest BCUT2D eigenvalue weighted by molar-refractivity contribution is 5.68. The molecule has 1 aromatic carbocycles. The van der Waals surface area contributed by atoms with Gasteiger partial charge >= 0.3 is 6.09 Å². The van der Waals surface area contributed by atoms with Crippen LogP contribution in [0.25, 0.3) is 0 Å². The monoisotopic (exact) mass is 420 g/mol. The van der Waals surface area contributed by atoms with Crippen LogP contribution in [0.3, 0.4) is 0 Å². The maximum atomic E-state index is 12.1. The summed E-state index contributed by atoms with van der Waals surface area (Å²) < 4.78 is 5.43. The zero-order valence-corrected chi connectivity index (χ0v) is 18.2. The van der Waals surface area contributed by atoms with Crippen molar-refractivity contribution >= 4 is 11.8 Å². The van der Waals surface area contributed by atoms with E-state index in [1.54, 1.807) is 29.2 Å². The van der Waals surface area contributed by atoms with Gasteiger partial charge in [-0.15, -0.1) is 0 Å². The van der Waals surface area contributed by atoms with Crippen LogP contribution in [0, 0.1) is 39.9 Å². The number of anilines is 1. The summed E-state index contributed by atoms with van der Waals surface area (Å²) in [6.07, 6.45) is 1.65. The molecule has 0 unspecified atom stereocenters. The Morgan fingerprint density at radius 1 is 1.10 bits per heavy atom. The third kappa shape index (κ3) is 7.66. The molecule has 31 heavy (non-hydrogen) atoms. The van der Waals surface area contributed by atoms with Gasteiger partial charge in [-0.25, -0.2) is 4.79 Å². The lowest BCUT2D eigenvalue weighted by Crippen LogP contribution is -2.43. The third-order valence-corrected chi connectivity index (χ3v) is 4.84. The number of hydrogen-bond donors (Lipinski definition) is 2. The van der Waals surface area contributed by atoms with Gasteiger partial charge in [-0.1, -0.05) is 12.1 Å². The Morgan fingerprint density at radius 2 is 1.71 bits per heavy atom. The van der Waals surface area contributed by atoms with Gasteiger partial charge in [0.05, 0.1) is 0 Å². The van der Waals surface area contributed by atoms with Crippen molar-refractivity contribution in [3.63, 3.8) is 0 Å². The topological polar surface area (TPSA) is 125 Å². The second kappa shape index (κ2) is 11.0. The summed E-state index contributed by atoms with van der Waals surface area (Å²) in [5, 5.41) is 33.1. The van der Waals surface area contributed by atoms with E-state index in [-0.39, 0.29) is 17.4 Å². The Hall–Kier alpha value is -3.54. The van der Waals surface area contributed by atoms with Crippen molar-refractivity contribution in [3.05, 3.63) is 41.1 Å². The molecule has 0 aromatic heterocycles. The smallest absolute Gasteiger partial charge is 0.410 e. The molecule has 1 saturated heterocycles. The summed E-state index contributed by atoms with van der Waals surface area (Å²) in [5.41, 5.74) is 0.943. The van der Waals surface area contributed by atoms with Crippen LogP contribution in [0.5, 0.6) is 0 Å². The van der Waals surface area contributed by atoms with Gasteiger partial charge in [0, 0.05) is 25.3 Å². The van der Waals surface area contributed by atoms with E-state index in [0.29, 0.717) is 31.2 Å². The number of allylic oxidation sites excluding steroid dienone is 2. The first kappa shape index (κ1) is 23.7. The number of nitrogens with zero attached hydrogens (tertiary/aromatic N) is 4. The standard InChI is InChI=1S/C23H28N6O2/c1-23(2,3)31-22(30)29-10-8-18(9-11-29)16-27-15-17-4-6-20(7-5-17)28-21(14-26)19(12-24)13-25/h4-7,18,27-28H,8-11,15-16H2,1-3H3. The molecular weight excluding hydrogens is 392 g/mol. The average molecular weight is 421 g/mol. The molecule has 0 bridgehead atoms. The van der Waals surface area contributed by atoms with Crippen molar-refractivity contribution in [2.24, 2.45) is 5.92 Å². The number of carbonyl (C=O) groups excluding carboxylic acids is 1. The maximum Gasteiger partial charge on any atom is 0.410 e. The van der Waals surface area contributed by atoms with E-state index in [1.807, 2.05) is 39.0 Å². The number of amides is 1. The number of likely N-dealkylation sites (tertiary alicyclic amines) is 1. The Morgan fingerprint density at radius 3 is 2.23 bits per heavy atom. The Labute approximate surface area is 183 Å². The summed E-state index contributed by atoms with van der Waals surface area (Å²) in [6.45, 7) is 8.62. The summed E-state index contributed by atoms with van der Waals surface area (Å²) >= 11 is 0. The minimum atomic E-state index is -0.471. The van der Waals surface area contributed by atoms with E-state index in [1.165, 1.54) is 0 Å². The molecule has 8 heteroatoms. The molecule has 1 aliphatic rings. The third-order valence-electron chi connectivity index (χ3n) is 4.84. The van der Waals surface area contributed by atoms with E-state index in [9.17, 15) is 4.79 Å². The number of benzene rings is 1. The second-order valence-electron chi connectivity index (χ2n) is 8.45. The Kier molecular flexibility index (Phi) is 8.43. The molecule has 162 valence electrons. The number of nitrogens with one attached hydrogen (secondary N) is 2. The summed E-state index contributed by atoms with van der Waals surface area (Å²) in [6, 6.07) is 12.7. The van der Waals surface area contributed by atoms with Gasteiger partial charge in [-0.2, -0.15) is 15.8 Å². The molecule has 0 saturated carbocycles. The molecular formula is C23H28N6O2. The molecule has 0 atom stereocenters. The fourth-order valence-electron chi connectivity index (χ4n) is 3.20. The van der Waals surface area contributed by atoms with Crippen molar-refractivity contribution in [1.29, 1.82) is 15.8 Å². The second-order valence-corrected chi connectivity index (χ2v) is 8.45. The predicted octanol–water partition coefficient (Wildman–Crippen LogP) is 3.66. The van der Waals surface area contributed by atoms with Crippen molar-refractivity contribution in [2.45, 2.75) is 45.8 Å². The molecule has 0 spiro atoms. The summed E-state index contributed by atoms with van der Waals surface area (Å²) in [7, 11) is 0. The van der Waals surface area contributed by atoms with Crippen LogP contribution >= 0.6 is 0 Å². The Bertz CT molecular complexity index is 901. The first-order chi connectivity index (χ1) is 14.8. The first-order valence-electron chi connectivity index (χ1n) is 10.2. The van der Waals surface area contributed by atoms with Crippen LogP contribution in [0.1, 0.15) is 39.2 Å². The zero-order chi connectivity index (χ0) is 22.9. The Balaban J connectivity index is 1.76. The molecule has 8 nitrogen and oxygen atoms in total. The number of hydrogen-bond acceptors (Lipinski definition) is 7. The van der Waals surface area contributed by atoms with Crippen LogP contribution in [0.4, 0.5) is 10.5 Å². The average Bonchev–Trinajstić information content (AvgIpc) is 2.74. The van der Waals surface area contributed by atoms with Gasteiger partial charge in [-0.3, -0.25) is 0 Å². The van der Waals surface area contributed by atoms with Gasteiger partial charge < -0.3 is 20.3 Å². The highest BCUT2D eigenvalue weighted by Crippen LogP contribution is 2.19. The maximum absolute atomic E-state index is 12.1. The highest BCUT2D eigenvalue weighted by atomic mass is 16.6. The molecule has 1 aromatic rings. The van der Waals surface area contributed by atoms with Gasteiger partial charge in [0.2, 0.25) is 0 Å². The predicted molar refractivity (Wildman–Crippen MR) is 116 cm³/mol. The molecule has 1 fully saturated rings. The normalized spacial score (nSPS) is 14.0. The summed E-state index contributed by atoms with van der Waals surface area (Å²) in [4.78, 5) is 13.9. The molecule has 1 amide bonds. The lowest BCUT2D eigenvalue weighted by atomic mass is 9.97. The summed E-state index contributed by atoms with van der Waals surface area (Å²) in [5.74, 6) is 0.512. The van der Waals surface area contributed by atoms with E-state index >= 15 is 0 Å². The number of piperidine rings is 1. The fraction of sp³-hybridized carbons (Fsp3) is 0.478. The fourth-order valence-corrected chi connectivity index (χ4v) is 3.20. The lowest BCUT2D eigenvalue weighted by molar-refractivity contribution is 0.0184. The van der Waals surface area contributed by atoms with Gasteiger partial charge in [0.1, 0.15) is 29.5 Å². The van der Waals surface area contributed by atoms with Crippen molar-refractivity contribution in [3.8, 4) is 18.2 Å². The number of carbonyl (C=O) groups is 1. The van der Waals surface area contributed by atoms with Crippen LogP contribution in [0.2, 0.25) is 0 Å². The number of nitriles is 3. The molecule has 2 N–H and O–H groups in total. The van der Waals surface area contributed by atoms with Gasteiger partial charge in [0.15, 0.2) is 5.57 Å². The first-order valence-corrected chi connectivity index (χ1v) is 10.2. The van der Waals surface area contributed by atoms with Crippen molar-refractivity contribution in [1.82, 2.24) is 10.2 Å². The number of rotatable bonds is 6. The molecule has 1 aliphatic heterocycles. The van der Waals surface area contributed by atoms with Crippen molar-refractivity contribution < 1.29 is 9.53 Å².